The van der Waals surface area contributed by atoms with E-state index in [4.69, 9.17) is 0 Å². The quantitative estimate of drug-likeness (QED) is 0.157. The van der Waals surface area contributed by atoms with Crippen LogP contribution in [0.5, 0.6) is 0 Å². The Morgan fingerprint density at radius 2 is 0.650 bits per heavy atom. The third-order valence-electron chi connectivity index (χ3n) is 14.3. The van der Waals surface area contributed by atoms with Crippen LogP contribution in [0.2, 0.25) is 0 Å². The first-order chi connectivity index (χ1) is 29.5. The van der Waals surface area contributed by atoms with E-state index in [0.717, 1.165) is 0 Å². The first-order valence-electron chi connectivity index (χ1n) is 21.3. The van der Waals surface area contributed by atoms with Crippen LogP contribution in [-0.4, -0.2) is 0 Å². The molecular formula is C60H40. The number of rotatable bonds is 3. The van der Waals surface area contributed by atoms with E-state index in [0.29, 0.717) is 0 Å². The molecule has 0 N–H and O–H groups in total. The molecule has 0 bridgehead atoms. The summed E-state index contributed by atoms with van der Waals surface area (Å²) in [6.07, 6.45) is 0. The molecule has 10 aromatic rings. The molecule has 0 nitrogen and oxygen atoms in total. The molecule has 3 aliphatic rings. The highest BCUT2D eigenvalue weighted by atomic mass is 14.5. The largest absolute Gasteiger partial charge is 0.0725 e. The minimum absolute atomic E-state index is 0.0991. The highest BCUT2D eigenvalue weighted by molar-refractivity contribution is 6.22. The Morgan fingerprint density at radius 3 is 1.23 bits per heavy atom. The minimum atomic E-state index is -0.407. The predicted molar refractivity (Wildman–Crippen MR) is 252 cm³/mol. The monoisotopic (exact) mass is 760 g/mol. The van der Waals surface area contributed by atoms with Gasteiger partial charge >= 0.3 is 0 Å². The zero-order chi connectivity index (χ0) is 39.7. The Labute approximate surface area is 351 Å². The molecule has 0 saturated carbocycles. The van der Waals surface area contributed by atoms with E-state index in [1.807, 2.05) is 0 Å². The van der Waals surface area contributed by atoms with E-state index >= 15 is 0 Å². The lowest BCUT2D eigenvalue weighted by atomic mass is 9.70. The van der Waals surface area contributed by atoms with Gasteiger partial charge in [0.05, 0.1) is 5.41 Å². The Bertz CT molecular complexity index is 3390. The van der Waals surface area contributed by atoms with E-state index in [1.54, 1.807) is 0 Å². The Morgan fingerprint density at radius 1 is 0.250 bits per heavy atom. The van der Waals surface area contributed by atoms with Gasteiger partial charge in [-0.2, -0.15) is 0 Å². The average molecular weight is 761 g/mol. The fraction of sp³-hybridized carbons (Fsp3) is 0.0667. The molecule has 13 rings (SSSR count). The molecule has 0 aliphatic heterocycles. The fourth-order valence-electron chi connectivity index (χ4n) is 11.7. The summed E-state index contributed by atoms with van der Waals surface area (Å²) in [5, 5.41) is 5.08. The molecule has 0 unspecified atom stereocenters. The van der Waals surface area contributed by atoms with Gasteiger partial charge in [-0.15, -0.1) is 0 Å². The average Bonchev–Trinajstić information content (AvgIpc) is 3.86. The summed E-state index contributed by atoms with van der Waals surface area (Å²) in [6.45, 7) is 4.77. The highest BCUT2D eigenvalue weighted by Crippen LogP contribution is 2.63. The zero-order valence-electron chi connectivity index (χ0n) is 33.6. The lowest BCUT2D eigenvalue weighted by Gasteiger charge is -2.31. The maximum atomic E-state index is 2.55. The number of benzene rings is 10. The predicted octanol–water partition coefficient (Wildman–Crippen LogP) is 15.6. The fourth-order valence-corrected chi connectivity index (χ4v) is 11.7. The summed E-state index contributed by atoms with van der Waals surface area (Å²) in [6, 6.07) is 78.0. The second kappa shape index (κ2) is 12.1. The molecule has 60 heavy (non-hydrogen) atoms. The lowest BCUT2D eigenvalue weighted by Crippen LogP contribution is -2.25. The smallest absolute Gasteiger partial charge is 0.0622 e. The van der Waals surface area contributed by atoms with Gasteiger partial charge in [0.25, 0.3) is 0 Å². The molecule has 0 radical (unpaired) electrons. The molecule has 3 aliphatic carbocycles. The van der Waals surface area contributed by atoms with Gasteiger partial charge in [-0.05, 0) is 140 Å². The van der Waals surface area contributed by atoms with E-state index < -0.39 is 5.41 Å². The number of fused-ring (bicyclic) bond motifs is 15. The minimum Gasteiger partial charge on any atom is -0.0622 e. The lowest BCUT2D eigenvalue weighted by molar-refractivity contribution is 0.660. The van der Waals surface area contributed by atoms with E-state index in [1.165, 1.54) is 122 Å². The summed E-state index contributed by atoms with van der Waals surface area (Å²) in [7, 11) is 0. The maximum absolute atomic E-state index is 2.55. The van der Waals surface area contributed by atoms with Crippen molar-refractivity contribution in [2.45, 2.75) is 24.7 Å². The van der Waals surface area contributed by atoms with Crippen molar-refractivity contribution in [1.29, 1.82) is 0 Å². The van der Waals surface area contributed by atoms with Gasteiger partial charge in [0.2, 0.25) is 0 Å². The van der Waals surface area contributed by atoms with Crippen molar-refractivity contribution in [3.8, 4) is 66.8 Å². The summed E-state index contributed by atoms with van der Waals surface area (Å²) < 4.78 is 0. The molecule has 0 saturated heterocycles. The van der Waals surface area contributed by atoms with Crippen molar-refractivity contribution in [1.82, 2.24) is 0 Å². The van der Waals surface area contributed by atoms with Crippen LogP contribution in [0.15, 0.2) is 206 Å². The van der Waals surface area contributed by atoms with Crippen molar-refractivity contribution in [3.63, 3.8) is 0 Å². The SMILES string of the molecule is CC1(C)c2ccccc2-c2ccc(-c3c4ccccc4c(-c4ccc5c(c4)C4(c6ccccc6-c6ccccc64)c4ccccc4-5)c4ccc(-c5ccccc5)cc34)cc21. The van der Waals surface area contributed by atoms with E-state index in [9.17, 15) is 0 Å². The van der Waals surface area contributed by atoms with Gasteiger partial charge in [0.15, 0.2) is 0 Å². The topological polar surface area (TPSA) is 0 Å². The van der Waals surface area contributed by atoms with Crippen LogP contribution < -0.4 is 0 Å². The Hall–Kier alpha value is -7.28. The Balaban J connectivity index is 1.11. The molecule has 10 aromatic carbocycles. The van der Waals surface area contributed by atoms with Crippen LogP contribution >= 0.6 is 0 Å². The van der Waals surface area contributed by atoms with Crippen LogP contribution in [0, 0.1) is 0 Å². The molecular weight excluding hydrogens is 721 g/mol. The summed E-state index contributed by atoms with van der Waals surface area (Å²) in [5.41, 5.74) is 23.3. The van der Waals surface area contributed by atoms with E-state index in [-0.39, 0.29) is 5.41 Å². The second-order valence-corrected chi connectivity index (χ2v) is 17.5. The van der Waals surface area contributed by atoms with Gasteiger partial charge < -0.3 is 0 Å². The summed E-state index contributed by atoms with van der Waals surface area (Å²) in [5.74, 6) is 0. The molecule has 0 heteroatoms. The highest BCUT2D eigenvalue weighted by Gasteiger charge is 2.51. The van der Waals surface area contributed by atoms with Gasteiger partial charge in [-0.1, -0.05) is 202 Å². The first-order valence-corrected chi connectivity index (χ1v) is 21.3. The number of hydrogen-bond acceptors (Lipinski definition) is 0. The first kappa shape index (κ1) is 33.7. The summed E-state index contributed by atoms with van der Waals surface area (Å²) >= 11 is 0. The van der Waals surface area contributed by atoms with Crippen molar-refractivity contribution in [2.24, 2.45) is 0 Å². The second-order valence-electron chi connectivity index (χ2n) is 17.5. The van der Waals surface area contributed by atoms with Crippen LogP contribution in [0.4, 0.5) is 0 Å². The van der Waals surface area contributed by atoms with Gasteiger partial charge in [-0.25, -0.2) is 0 Å². The normalized spacial score (nSPS) is 14.4. The molecule has 0 fully saturated rings. The zero-order valence-corrected chi connectivity index (χ0v) is 33.6. The third kappa shape index (κ3) is 4.30. The molecule has 0 atom stereocenters. The maximum Gasteiger partial charge on any atom is 0.0725 e. The van der Waals surface area contributed by atoms with E-state index in [2.05, 4.69) is 220 Å². The van der Waals surface area contributed by atoms with Crippen molar-refractivity contribution < 1.29 is 0 Å². The van der Waals surface area contributed by atoms with Crippen LogP contribution in [0.25, 0.3) is 88.3 Å². The molecule has 0 aromatic heterocycles. The molecule has 0 heterocycles. The van der Waals surface area contributed by atoms with Crippen molar-refractivity contribution >= 4 is 21.5 Å². The van der Waals surface area contributed by atoms with Crippen molar-refractivity contribution in [2.75, 3.05) is 0 Å². The number of hydrogen-bond donors (Lipinski definition) is 0. The van der Waals surface area contributed by atoms with Crippen molar-refractivity contribution in [3.05, 3.63) is 240 Å². The molecule has 280 valence electrons. The van der Waals surface area contributed by atoms with Gasteiger partial charge in [0, 0.05) is 5.41 Å². The molecule has 1 spiro atoms. The van der Waals surface area contributed by atoms with Crippen LogP contribution in [0.1, 0.15) is 47.2 Å². The molecule has 0 amide bonds. The van der Waals surface area contributed by atoms with Crippen LogP contribution in [-0.2, 0) is 10.8 Å². The summed E-state index contributed by atoms with van der Waals surface area (Å²) in [4.78, 5) is 0. The standard InChI is InChI=1S/C60H40/c1-59(2)51-24-12-8-18-41(51)45-31-29-39(35-55(45)59)58-48-23-7-6-22-47(48)57(49-33-28-38(34-50(49)58)37-16-4-3-5-17-37)40-30-32-46-44-21-11-15-27-54(44)60(56(46)36-40)52-25-13-9-19-42(52)43-20-10-14-26-53(43)60/h3-36H,1-2H3. The Kier molecular flexibility index (Phi) is 6.81. The van der Waals surface area contributed by atoms with Gasteiger partial charge in [0.1, 0.15) is 0 Å². The third-order valence-corrected chi connectivity index (χ3v) is 14.3. The van der Waals surface area contributed by atoms with Crippen LogP contribution in [0.3, 0.4) is 0 Å². The van der Waals surface area contributed by atoms with Gasteiger partial charge in [-0.3, -0.25) is 0 Å².